The van der Waals surface area contributed by atoms with Crippen LogP contribution in [-0.2, 0) is 5.75 Å². The highest BCUT2D eigenvalue weighted by Gasteiger charge is 2.28. The van der Waals surface area contributed by atoms with Crippen LogP contribution in [0.5, 0.6) is 0 Å². The van der Waals surface area contributed by atoms with Gasteiger partial charge in [0.2, 0.25) is 5.78 Å². The molecule has 0 saturated carbocycles. The zero-order valence-corrected chi connectivity index (χ0v) is 19.7. The molecule has 0 bridgehead atoms. The first-order valence-electron chi connectivity index (χ1n) is 9.81. The molecule has 0 aliphatic rings. The second-order valence-corrected chi connectivity index (χ2v) is 10.1. The molecule has 3 nitrogen and oxygen atoms in total. The van der Waals surface area contributed by atoms with E-state index in [1.165, 1.54) is 22.5 Å². The third kappa shape index (κ3) is 4.85. The maximum Gasteiger partial charge on any atom is 0.259 e. The smallest absolute Gasteiger partial charge is 0.259 e. The van der Waals surface area contributed by atoms with E-state index in [1.54, 1.807) is 36.0 Å². The van der Waals surface area contributed by atoms with Crippen molar-refractivity contribution in [1.29, 1.82) is 0 Å². The average Bonchev–Trinajstić information content (AvgIpc) is 3.09. The van der Waals surface area contributed by atoms with Gasteiger partial charge in [-0.1, -0.05) is 41.4 Å². The molecular formula is C25H22ClN2OS2+. The van der Waals surface area contributed by atoms with Gasteiger partial charge in [-0.15, -0.1) is 23.1 Å². The molecule has 31 heavy (non-hydrogen) atoms. The number of halogens is 1. The summed E-state index contributed by atoms with van der Waals surface area (Å²) in [7, 11) is 0. The highest BCUT2D eigenvalue weighted by molar-refractivity contribution is 8.00. The van der Waals surface area contributed by atoms with E-state index in [2.05, 4.69) is 31.2 Å². The predicted octanol–water partition coefficient (Wildman–Crippen LogP) is 6.40. The zero-order chi connectivity index (χ0) is 22.0. The summed E-state index contributed by atoms with van der Waals surface area (Å²) in [4.78, 5) is 13.8. The van der Waals surface area contributed by atoms with E-state index in [1.807, 2.05) is 36.0 Å². The Morgan fingerprint density at radius 2 is 1.74 bits per heavy atom. The highest BCUT2D eigenvalue weighted by atomic mass is 35.5. The lowest BCUT2D eigenvalue weighted by atomic mass is 10.1. The first-order valence-corrected chi connectivity index (χ1v) is 12.0. The van der Waals surface area contributed by atoms with Gasteiger partial charge in [0, 0.05) is 28.0 Å². The number of thiophene rings is 1. The topological polar surface area (TPSA) is 47.0 Å². The van der Waals surface area contributed by atoms with E-state index in [0.717, 1.165) is 21.2 Å². The number of carbonyl (C=O) groups excluding carboxylic acids is 1. The molecule has 156 valence electrons. The molecule has 0 aliphatic heterocycles. The normalized spacial score (nSPS) is 10.9. The third-order valence-corrected chi connectivity index (χ3v) is 7.67. The number of anilines is 1. The highest BCUT2D eigenvalue weighted by Crippen LogP contribution is 2.41. The van der Waals surface area contributed by atoms with Crippen molar-refractivity contribution in [2.75, 3.05) is 5.73 Å². The number of rotatable bonds is 6. The molecule has 0 amide bonds. The van der Waals surface area contributed by atoms with Gasteiger partial charge in [0.15, 0.2) is 12.4 Å². The summed E-state index contributed by atoms with van der Waals surface area (Å²) in [6.45, 7) is 4.12. The Morgan fingerprint density at radius 3 is 2.42 bits per heavy atom. The number of benzene rings is 2. The fraction of sp³-hybridized carbons (Fsp3) is 0.120. The van der Waals surface area contributed by atoms with Gasteiger partial charge in [-0.05, 0) is 49.7 Å². The fourth-order valence-electron chi connectivity index (χ4n) is 3.22. The van der Waals surface area contributed by atoms with Crippen molar-refractivity contribution >= 4 is 46.2 Å². The van der Waals surface area contributed by atoms with Crippen molar-refractivity contribution in [3.63, 3.8) is 0 Å². The summed E-state index contributed by atoms with van der Waals surface area (Å²) in [5.41, 5.74) is 12.1. The van der Waals surface area contributed by atoms with Crippen molar-refractivity contribution in [2.24, 2.45) is 0 Å². The van der Waals surface area contributed by atoms with Crippen molar-refractivity contribution in [3.05, 3.63) is 105 Å². The van der Waals surface area contributed by atoms with Gasteiger partial charge in [-0.3, -0.25) is 4.79 Å². The first-order chi connectivity index (χ1) is 14.9. The summed E-state index contributed by atoms with van der Waals surface area (Å²) < 4.78 is 3.03. The Morgan fingerprint density at radius 1 is 1.03 bits per heavy atom. The Bertz CT molecular complexity index is 1230. The van der Waals surface area contributed by atoms with E-state index in [9.17, 15) is 4.79 Å². The van der Waals surface area contributed by atoms with E-state index in [0.29, 0.717) is 21.2 Å². The number of pyridine rings is 1. The molecular weight excluding hydrogens is 444 g/mol. The SMILES string of the molecule is Cc1ccc(CSc2sc(C(=O)c3ccc(Cl)cc3)c(N)c2-[n+]2cccc(C)c2)cc1. The molecule has 0 atom stereocenters. The molecule has 2 aromatic carbocycles. The Balaban J connectivity index is 1.74. The van der Waals surface area contributed by atoms with Crippen LogP contribution < -0.4 is 10.3 Å². The molecule has 0 aliphatic carbocycles. The van der Waals surface area contributed by atoms with E-state index in [4.69, 9.17) is 17.3 Å². The monoisotopic (exact) mass is 465 g/mol. The van der Waals surface area contributed by atoms with Crippen LogP contribution in [0.25, 0.3) is 5.69 Å². The standard InChI is InChI=1S/C25H21ClN2OS2/c1-16-5-7-18(8-6-16)15-30-25-22(28-13-3-4-17(2)14-28)21(27)24(31-25)23(29)19-9-11-20(26)12-10-19/h3-14H,15H2,1-2H3,(H-,27,29)/p+1. The van der Waals surface area contributed by atoms with Crippen LogP contribution in [0.1, 0.15) is 31.9 Å². The second-order valence-electron chi connectivity index (χ2n) is 7.38. The van der Waals surface area contributed by atoms with Crippen molar-refractivity contribution < 1.29 is 9.36 Å². The van der Waals surface area contributed by atoms with E-state index in [-0.39, 0.29) is 5.78 Å². The van der Waals surface area contributed by atoms with Crippen LogP contribution in [-0.4, -0.2) is 5.78 Å². The summed E-state index contributed by atoms with van der Waals surface area (Å²) in [6.07, 6.45) is 4.00. The second kappa shape index (κ2) is 9.27. The Kier molecular flexibility index (Phi) is 6.46. The third-order valence-electron chi connectivity index (χ3n) is 4.90. The molecule has 4 rings (SSSR count). The summed E-state index contributed by atoms with van der Waals surface area (Å²) >= 11 is 9.14. The largest absolute Gasteiger partial charge is 0.392 e. The van der Waals surface area contributed by atoms with Crippen LogP contribution in [0.2, 0.25) is 5.02 Å². The molecule has 0 radical (unpaired) electrons. The number of hydrogen-bond acceptors (Lipinski definition) is 4. The number of hydrogen-bond donors (Lipinski definition) is 1. The minimum atomic E-state index is -0.0872. The fourth-order valence-corrected chi connectivity index (χ4v) is 5.77. The van der Waals surface area contributed by atoms with Crippen LogP contribution in [0, 0.1) is 13.8 Å². The van der Waals surface area contributed by atoms with Gasteiger partial charge >= 0.3 is 0 Å². The molecule has 0 unspecified atom stereocenters. The van der Waals surface area contributed by atoms with E-state index >= 15 is 0 Å². The van der Waals surface area contributed by atoms with Crippen molar-refractivity contribution in [1.82, 2.24) is 0 Å². The molecule has 0 spiro atoms. The minimum absolute atomic E-state index is 0.0872. The van der Waals surface area contributed by atoms with E-state index < -0.39 is 0 Å². The summed E-state index contributed by atoms with van der Waals surface area (Å²) in [6, 6.07) is 19.5. The lowest BCUT2D eigenvalue weighted by molar-refractivity contribution is -0.597. The first kappa shape index (κ1) is 21.6. The van der Waals surface area contributed by atoms with Gasteiger partial charge in [0.1, 0.15) is 14.8 Å². The molecule has 0 saturated heterocycles. The quantitative estimate of drug-likeness (QED) is 0.203. The zero-order valence-electron chi connectivity index (χ0n) is 17.3. The Labute approximate surface area is 195 Å². The van der Waals surface area contributed by atoms with Gasteiger partial charge in [0.25, 0.3) is 5.69 Å². The summed E-state index contributed by atoms with van der Waals surface area (Å²) in [5, 5.41) is 0.598. The Hall–Kier alpha value is -2.60. The molecule has 4 aromatic rings. The van der Waals surface area contributed by atoms with Crippen LogP contribution >= 0.6 is 34.7 Å². The minimum Gasteiger partial charge on any atom is -0.392 e. The molecule has 2 aromatic heterocycles. The number of nitrogen functional groups attached to an aromatic ring is 1. The maximum atomic E-state index is 13.2. The van der Waals surface area contributed by atoms with Crippen LogP contribution in [0.15, 0.2) is 77.3 Å². The molecule has 6 heteroatoms. The number of nitrogens with two attached hydrogens (primary N) is 1. The summed E-state index contributed by atoms with van der Waals surface area (Å²) in [5.74, 6) is 0.713. The average molecular weight is 466 g/mol. The van der Waals surface area contributed by atoms with Gasteiger partial charge < -0.3 is 5.73 Å². The number of aromatic nitrogens is 1. The number of thioether (sulfide) groups is 1. The number of aryl methyl sites for hydroxylation is 2. The number of ketones is 1. The number of nitrogens with zero attached hydrogens (tertiary/aromatic N) is 1. The van der Waals surface area contributed by atoms with Gasteiger partial charge in [0.05, 0.1) is 0 Å². The lowest BCUT2D eigenvalue weighted by Crippen LogP contribution is -2.31. The molecule has 2 heterocycles. The van der Waals surface area contributed by atoms with Crippen molar-refractivity contribution in [3.8, 4) is 5.69 Å². The maximum absolute atomic E-state index is 13.2. The molecule has 0 fully saturated rings. The predicted molar refractivity (Wildman–Crippen MR) is 131 cm³/mol. The van der Waals surface area contributed by atoms with Gasteiger partial charge in [-0.2, -0.15) is 4.57 Å². The number of carbonyl (C=O) groups is 1. The molecule has 2 N–H and O–H groups in total. The van der Waals surface area contributed by atoms with Crippen LogP contribution in [0.3, 0.4) is 0 Å². The van der Waals surface area contributed by atoms with Crippen molar-refractivity contribution in [2.45, 2.75) is 23.8 Å². The van der Waals surface area contributed by atoms with Crippen LogP contribution in [0.4, 0.5) is 5.69 Å². The van der Waals surface area contributed by atoms with Gasteiger partial charge in [-0.25, -0.2) is 0 Å². The lowest BCUT2D eigenvalue weighted by Gasteiger charge is -2.03.